The van der Waals surface area contributed by atoms with Crippen LogP contribution in [0.5, 0.6) is 0 Å². The summed E-state index contributed by atoms with van der Waals surface area (Å²) in [6.45, 7) is 0. The van der Waals surface area contributed by atoms with E-state index in [1.54, 1.807) is 34.1 Å². The molecular formula is C11H10N4S2. The molecule has 1 aromatic carbocycles. The number of fused-ring (bicyclic) bond motifs is 1. The zero-order chi connectivity index (χ0) is 11.7. The minimum absolute atomic E-state index is 0.802. The zero-order valence-corrected chi connectivity index (χ0v) is 10.8. The molecule has 0 saturated heterocycles. The highest BCUT2D eigenvalue weighted by molar-refractivity contribution is 8.00. The quantitative estimate of drug-likeness (QED) is 0.681. The Balaban J connectivity index is 1.79. The van der Waals surface area contributed by atoms with Crippen molar-refractivity contribution in [2.75, 3.05) is 0 Å². The van der Waals surface area contributed by atoms with Gasteiger partial charge in [0.15, 0.2) is 4.34 Å². The van der Waals surface area contributed by atoms with Crippen molar-refractivity contribution < 1.29 is 0 Å². The van der Waals surface area contributed by atoms with E-state index in [4.69, 9.17) is 0 Å². The van der Waals surface area contributed by atoms with Gasteiger partial charge in [-0.25, -0.2) is 9.97 Å². The van der Waals surface area contributed by atoms with Crippen LogP contribution in [-0.4, -0.2) is 19.7 Å². The molecule has 0 amide bonds. The lowest BCUT2D eigenvalue weighted by Crippen LogP contribution is -1.97. The number of rotatable bonds is 3. The van der Waals surface area contributed by atoms with E-state index in [1.165, 1.54) is 4.70 Å². The van der Waals surface area contributed by atoms with Crippen LogP contribution in [0.15, 0.2) is 34.9 Å². The number of para-hydroxylation sites is 1. The van der Waals surface area contributed by atoms with E-state index in [2.05, 4.69) is 21.1 Å². The number of thioether (sulfide) groups is 1. The van der Waals surface area contributed by atoms with E-state index in [1.807, 2.05) is 25.2 Å². The molecule has 0 N–H and O–H groups in total. The molecule has 0 aliphatic heterocycles. The first-order chi connectivity index (χ1) is 8.33. The van der Waals surface area contributed by atoms with E-state index < -0.39 is 0 Å². The largest absolute Gasteiger partial charge is 0.252 e. The molecule has 17 heavy (non-hydrogen) atoms. The van der Waals surface area contributed by atoms with Gasteiger partial charge in [-0.1, -0.05) is 23.9 Å². The maximum Gasteiger partial charge on any atom is 0.151 e. The van der Waals surface area contributed by atoms with Crippen LogP contribution in [0.2, 0.25) is 0 Å². The second kappa shape index (κ2) is 4.46. The first-order valence-corrected chi connectivity index (χ1v) is 6.94. The van der Waals surface area contributed by atoms with Crippen molar-refractivity contribution >= 4 is 33.3 Å². The van der Waals surface area contributed by atoms with E-state index in [9.17, 15) is 0 Å². The number of benzene rings is 1. The van der Waals surface area contributed by atoms with E-state index in [-0.39, 0.29) is 0 Å². The Hall–Kier alpha value is -1.40. The SMILES string of the molecule is Cn1ncnc1CSc1nc2ccccc2s1. The van der Waals surface area contributed by atoms with Crippen LogP contribution in [0.4, 0.5) is 0 Å². The van der Waals surface area contributed by atoms with Gasteiger partial charge in [0.25, 0.3) is 0 Å². The van der Waals surface area contributed by atoms with Gasteiger partial charge in [-0.2, -0.15) is 5.10 Å². The molecular weight excluding hydrogens is 252 g/mol. The molecule has 0 bridgehead atoms. The fraction of sp³-hybridized carbons (Fsp3) is 0.182. The Morgan fingerprint density at radius 3 is 3.00 bits per heavy atom. The third kappa shape index (κ3) is 2.18. The zero-order valence-electron chi connectivity index (χ0n) is 9.20. The highest BCUT2D eigenvalue weighted by Crippen LogP contribution is 2.30. The van der Waals surface area contributed by atoms with Crippen LogP contribution in [-0.2, 0) is 12.8 Å². The van der Waals surface area contributed by atoms with Crippen LogP contribution in [0.25, 0.3) is 10.2 Å². The monoisotopic (exact) mass is 262 g/mol. The number of hydrogen-bond acceptors (Lipinski definition) is 5. The van der Waals surface area contributed by atoms with Gasteiger partial charge in [-0.3, -0.25) is 4.68 Å². The third-order valence-corrected chi connectivity index (χ3v) is 4.58. The molecule has 0 aliphatic carbocycles. The summed E-state index contributed by atoms with van der Waals surface area (Å²) in [5.41, 5.74) is 1.07. The molecule has 3 aromatic rings. The molecule has 0 atom stereocenters. The molecule has 3 rings (SSSR count). The summed E-state index contributed by atoms with van der Waals surface area (Å²) in [5, 5.41) is 4.05. The fourth-order valence-corrected chi connectivity index (χ4v) is 3.55. The molecule has 0 aliphatic rings. The Kier molecular flexibility index (Phi) is 2.82. The van der Waals surface area contributed by atoms with Gasteiger partial charge in [0.1, 0.15) is 12.2 Å². The first-order valence-electron chi connectivity index (χ1n) is 5.14. The van der Waals surface area contributed by atoms with Crippen molar-refractivity contribution in [3.8, 4) is 0 Å². The van der Waals surface area contributed by atoms with Gasteiger partial charge in [0.2, 0.25) is 0 Å². The van der Waals surface area contributed by atoms with Gasteiger partial charge < -0.3 is 0 Å². The second-order valence-corrected chi connectivity index (χ2v) is 5.79. The summed E-state index contributed by atoms with van der Waals surface area (Å²) in [4.78, 5) is 8.76. The summed E-state index contributed by atoms with van der Waals surface area (Å²) in [6.07, 6.45) is 1.58. The minimum Gasteiger partial charge on any atom is -0.252 e. The standard InChI is InChI=1S/C11H10N4S2/c1-15-10(12-7-13-15)6-16-11-14-8-4-2-3-5-9(8)17-11/h2-5,7H,6H2,1H3. The summed E-state index contributed by atoms with van der Waals surface area (Å²) >= 11 is 3.42. The van der Waals surface area contributed by atoms with Crippen molar-refractivity contribution in [2.24, 2.45) is 7.05 Å². The number of nitrogens with zero attached hydrogens (tertiary/aromatic N) is 4. The fourth-order valence-electron chi connectivity index (χ4n) is 1.49. The highest BCUT2D eigenvalue weighted by Gasteiger charge is 2.06. The van der Waals surface area contributed by atoms with E-state index >= 15 is 0 Å². The van der Waals surface area contributed by atoms with Gasteiger partial charge in [0.05, 0.1) is 16.0 Å². The molecule has 0 saturated carbocycles. The molecule has 0 fully saturated rings. The summed E-state index contributed by atoms with van der Waals surface area (Å²) in [7, 11) is 1.90. The van der Waals surface area contributed by atoms with Crippen LogP contribution in [0, 0.1) is 0 Å². The predicted octanol–water partition coefficient (Wildman–Crippen LogP) is 2.72. The smallest absolute Gasteiger partial charge is 0.151 e. The van der Waals surface area contributed by atoms with Crippen LogP contribution >= 0.6 is 23.1 Å². The summed E-state index contributed by atoms with van der Waals surface area (Å²) in [5.74, 6) is 1.77. The van der Waals surface area contributed by atoms with Crippen molar-refractivity contribution in [2.45, 2.75) is 10.1 Å². The molecule has 2 aromatic heterocycles. The number of aromatic nitrogens is 4. The molecule has 0 spiro atoms. The average Bonchev–Trinajstić information content (AvgIpc) is 2.92. The summed E-state index contributed by atoms with van der Waals surface area (Å²) < 4.78 is 4.10. The summed E-state index contributed by atoms with van der Waals surface area (Å²) in [6, 6.07) is 8.19. The Labute approximate surface area is 107 Å². The van der Waals surface area contributed by atoms with Crippen molar-refractivity contribution in [3.63, 3.8) is 0 Å². The predicted molar refractivity (Wildman–Crippen MR) is 70.2 cm³/mol. The Morgan fingerprint density at radius 1 is 1.35 bits per heavy atom. The lowest BCUT2D eigenvalue weighted by Gasteiger charge is -1.96. The van der Waals surface area contributed by atoms with Crippen molar-refractivity contribution in [1.29, 1.82) is 0 Å². The van der Waals surface area contributed by atoms with Crippen molar-refractivity contribution in [1.82, 2.24) is 19.7 Å². The van der Waals surface area contributed by atoms with Crippen molar-refractivity contribution in [3.05, 3.63) is 36.4 Å². The minimum atomic E-state index is 0.802. The average molecular weight is 262 g/mol. The lowest BCUT2D eigenvalue weighted by molar-refractivity contribution is 0.730. The van der Waals surface area contributed by atoms with E-state index in [0.29, 0.717) is 0 Å². The number of hydrogen-bond donors (Lipinski definition) is 0. The third-order valence-electron chi connectivity index (χ3n) is 2.40. The number of thiazole rings is 1. The van der Waals surface area contributed by atoms with Gasteiger partial charge >= 0.3 is 0 Å². The maximum absolute atomic E-state index is 4.57. The van der Waals surface area contributed by atoms with E-state index in [0.717, 1.165) is 21.4 Å². The van der Waals surface area contributed by atoms with Gasteiger partial charge in [-0.15, -0.1) is 11.3 Å². The van der Waals surface area contributed by atoms with Gasteiger partial charge in [0, 0.05) is 7.05 Å². The second-order valence-electron chi connectivity index (χ2n) is 3.54. The molecule has 2 heterocycles. The highest BCUT2D eigenvalue weighted by atomic mass is 32.2. The maximum atomic E-state index is 4.57. The number of aryl methyl sites for hydroxylation is 1. The van der Waals surface area contributed by atoms with Gasteiger partial charge in [-0.05, 0) is 12.1 Å². The van der Waals surface area contributed by atoms with Crippen LogP contribution in [0.3, 0.4) is 0 Å². The molecule has 4 nitrogen and oxygen atoms in total. The lowest BCUT2D eigenvalue weighted by atomic mass is 10.3. The molecule has 6 heteroatoms. The molecule has 0 radical (unpaired) electrons. The first kappa shape index (κ1) is 10.7. The molecule has 86 valence electrons. The topological polar surface area (TPSA) is 43.6 Å². The Bertz CT molecular complexity index is 611. The normalized spacial score (nSPS) is 11.1. The van der Waals surface area contributed by atoms with Crippen LogP contribution < -0.4 is 0 Å². The molecule has 0 unspecified atom stereocenters. The Morgan fingerprint density at radius 2 is 2.24 bits per heavy atom. The van der Waals surface area contributed by atoms with Crippen LogP contribution in [0.1, 0.15) is 5.82 Å².